The van der Waals surface area contributed by atoms with Gasteiger partial charge in [-0.3, -0.25) is 4.79 Å². The first-order chi connectivity index (χ1) is 7.58. The molecule has 1 rings (SSSR count). The average Bonchev–Trinajstić information content (AvgIpc) is 2.29. The number of benzene rings is 1. The van der Waals surface area contributed by atoms with Crippen molar-refractivity contribution in [2.45, 2.75) is 19.4 Å². The lowest BCUT2D eigenvalue weighted by atomic mass is 10.1. The standard InChI is InChI=1S/C11H10F2N2O/c1-2-8(6-14)15-11(16)7-3-4-9(12)10(13)5-7/h3-5,8H,2H2,1H3,(H,15,16). The van der Waals surface area contributed by atoms with Crippen LogP contribution in [0.1, 0.15) is 23.7 Å². The van der Waals surface area contributed by atoms with Gasteiger partial charge in [-0.05, 0) is 24.6 Å². The maximum atomic E-state index is 12.8. The molecule has 1 atom stereocenters. The molecule has 1 N–H and O–H groups in total. The van der Waals surface area contributed by atoms with Crippen molar-refractivity contribution in [3.05, 3.63) is 35.4 Å². The van der Waals surface area contributed by atoms with Gasteiger partial charge in [0.15, 0.2) is 11.6 Å². The molecule has 0 aliphatic heterocycles. The third kappa shape index (κ3) is 2.76. The van der Waals surface area contributed by atoms with Crippen LogP contribution in [-0.2, 0) is 0 Å². The molecule has 0 fully saturated rings. The second-order valence-electron chi connectivity index (χ2n) is 3.19. The molecule has 0 spiro atoms. The lowest BCUT2D eigenvalue weighted by molar-refractivity contribution is 0.0944. The van der Waals surface area contributed by atoms with Crippen molar-refractivity contribution in [1.82, 2.24) is 5.32 Å². The fourth-order valence-electron chi connectivity index (χ4n) is 1.10. The van der Waals surface area contributed by atoms with Crippen molar-refractivity contribution < 1.29 is 13.6 Å². The fourth-order valence-corrected chi connectivity index (χ4v) is 1.10. The largest absolute Gasteiger partial charge is 0.336 e. The lowest BCUT2D eigenvalue weighted by Crippen LogP contribution is -2.33. The first kappa shape index (κ1) is 12.1. The van der Waals surface area contributed by atoms with Crippen LogP contribution in [0.25, 0.3) is 0 Å². The molecule has 84 valence electrons. The molecule has 0 aliphatic rings. The topological polar surface area (TPSA) is 52.9 Å². The summed E-state index contributed by atoms with van der Waals surface area (Å²) >= 11 is 0. The van der Waals surface area contributed by atoms with E-state index in [9.17, 15) is 13.6 Å². The Balaban J connectivity index is 2.81. The van der Waals surface area contributed by atoms with Crippen LogP contribution in [0.4, 0.5) is 8.78 Å². The van der Waals surface area contributed by atoms with E-state index in [0.717, 1.165) is 18.2 Å². The van der Waals surface area contributed by atoms with Crippen LogP contribution < -0.4 is 5.32 Å². The highest BCUT2D eigenvalue weighted by atomic mass is 19.2. The lowest BCUT2D eigenvalue weighted by Gasteiger charge is -2.08. The van der Waals surface area contributed by atoms with Crippen molar-refractivity contribution in [2.75, 3.05) is 0 Å². The number of halogens is 2. The van der Waals surface area contributed by atoms with Gasteiger partial charge in [0, 0.05) is 5.56 Å². The van der Waals surface area contributed by atoms with E-state index in [1.807, 2.05) is 6.07 Å². The smallest absolute Gasteiger partial charge is 0.252 e. The molecule has 0 radical (unpaired) electrons. The van der Waals surface area contributed by atoms with Crippen LogP contribution in [0.2, 0.25) is 0 Å². The van der Waals surface area contributed by atoms with E-state index in [2.05, 4.69) is 5.32 Å². The number of amides is 1. The van der Waals surface area contributed by atoms with E-state index in [1.54, 1.807) is 6.92 Å². The van der Waals surface area contributed by atoms with Crippen molar-refractivity contribution in [2.24, 2.45) is 0 Å². The van der Waals surface area contributed by atoms with Crippen molar-refractivity contribution in [3.8, 4) is 6.07 Å². The minimum Gasteiger partial charge on any atom is -0.336 e. The zero-order chi connectivity index (χ0) is 12.1. The highest BCUT2D eigenvalue weighted by Gasteiger charge is 2.13. The van der Waals surface area contributed by atoms with Crippen molar-refractivity contribution >= 4 is 5.91 Å². The third-order valence-electron chi connectivity index (χ3n) is 2.05. The molecule has 0 saturated heterocycles. The maximum absolute atomic E-state index is 12.8. The molecule has 0 saturated carbocycles. The summed E-state index contributed by atoms with van der Waals surface area (Å²) in [7, 11) is 0. The summed E-state index contributed by atoms with van der Waals surface area (Å²) < 4.78 is 25.4. The van der Waals surface area contributed by atoms with Crippen molar-refractivity contribution in [1.29, 1.82) is 5.26 Å². The molecule has 0 aromatic heterocycles. The minimum atomic E-state index is -1.09. The van der Waals surface area contributed by atoms with Gasteiger partial charge in [0.25, 0.3) is 5.91 Å². The molecule has 0 heterocycles. The van der Waals surface area contributed by atoms with Gasteiger partial charge in [-0.15, -0.1) is 0 Å². The molecule has 1 aromatic rings. The predicted molar refractivity (Wildman–Crippen MR) is 53.5 cm³/mol. The van der Waals surface area contributed by atoms with E-state index in [4.69, 9.17) is 5.26 Å². The zero-order valence-electron chi connectivity index (χ0n) is 8.63. The van der Waals surface area contributed by atoms with Gasteiger partial charge in [0.1, 0.15) is 6.04 Å². The number of hydrogen-bond acceptors (Lipinski definition) is 2. The zero-order valence-corrected chi connectivity index (χ0v) is 8.63. The molecule has 5 heteroatoms. The summed E-state index contributed by atoms with van der Waals surface area (Å²) in [6.45, 7) is 1.74. The second kappa shape index (κ2) is 5.21. The summed E-state index contributed by atoms with van der Waals surface area (Å²) in [5, 5.41) is 11.0. The number of carbonyl (C=O) groups is 1. The van der Waals surface area contributed by atoms with Gasteiger partial charge in [-0.25, -0.2) is 8.78 Å². The van der Waals surface area contributed by atoms with E-state index in [1.165, 1.54) is 0 Å². The number of nitriles is 1. The van der Waals surface area contributed by atoms with Crippen molar-refractivity contribution in [3.63, 3.8) is 0 Å². The minimum absolute atomic E-state index is 0.00685. The Kier molecular flexibility index (Phi) is 3.95. The van der Waals surface area contributed by atoms with E-state index < -0.39 is 23.6 Å². The number of nitrogens with zero attached hydrogens (tertiary/aromatic N) is 1. The van der Waals surface area contributed by atoms with E-state index >= 15 is 0 Å². The molecule has 16 heavy (non-hydrogen) atoms. The van der Waals surface area contributed by atoms with Gasteiger partial charge >= 0.3 is 0 Å². The Morgan fingerprint density at radius 3 is 2.69 bits per heavy atom. The molecular weight excluding hydrogens is 214 g/mol. The normalized spacial score (nSPS) is 11.6. The summed E-state index contributed by atoms with van der Waals surface area (Å²) in [4.78, 5) is 11.5. The molecule has 0 aliphatic carbocycles. The summed E-state index contributed by atoms with van der Waals surface area (Å²) in [6.07, 6.45) is 0.450. The van der Waals surface area contributed by atoms with Gasteiger partial charge in [-0.2, -0.15) is 5.26 Å². The fraction of sp³-hybridized carbons (Fsp3) is 0.273. The van der Waals surface area contributed by atoms with Crippen LogP contribution in [0, 0.1) is 23.0 Å². The first-order valence-corrected chi connectivity index (χ1v) is 4.74. The Morgan fingerprint density at radius 2 is 2.19 bits per heavy atom. The first-order valence-electron chi connectivity index (χ1n) is 4.74. The molecule has 1 unspecified atom stereocenters. The van der Waals surface area contributed by atoms with Gasteiger partial charge in [0.05, 0.1) is 6.07 Å². The second-order valence-corrected chi connectivity index (χ2v) is 3.19. The molecule has 1 aromatic carbocycles. The Morgan fingerprint density at radius 1 is 1.50 bits per heavy atom. The predicted octanol–water partition coefficient (Wildman–Crippen LogP) is 2.00. The highest BCUT2D eigenvalue weighted by molar-refractivity contribution is 5.94. The van der Waals surface area contributed by atoms with Crippen LogP contribution in [-0.4, -0.2) is 11.9 Å². The summed E-state index contributed by atoms with van der Waals surface area (Å²) in [6, 6.07) is 4.09. The molecule has 1 amide bonds. The van der Waals surface area contributed by atoms with Gasteiger partial charge in [-0.1, -0.05) is 6.92 Å². The quantitative estimate of drug-likeness (QED) is 0.853. The average molecular weight is 224 g/mol. The summed E-state index contributed by atoms with van der Waals surface area (Å²) in [5.74, 6) is -2.69. The number of carbonyl (C=O) groups excluding carboxylic acids is 1. The van der Waals surface area contributed by atoms with Crippen LogP contribution >= 0.6 is 0 Å². The molecule has 3 nitrogen and oxygen atoms in total. The van der Waals surface area contributed by atoms with Crippen LogP contribution in [0.5, 0.6) is 0 Å². The third-order valence-corrected chi connectivity index (χ3v) is 2.05. The van der Waals surface area contributed by atoms with E-state index in [-0.39, 0.29) is 5.56 Å². The highest BCUT2D eigenvalue weighted by Crippen LogP contribution is 2.08. The number of nitrogens with one attached hydrogen (secondary N) is 1. The molecule has 0 bridgehead atoms. The van der Waals surface area contributed by atoms with Gasteiger partial charge < -0.3 is 5.32 Å². The van der Waals surface area contributed by atoms with E-state index in [0.29, 0.717) is 6.42 Å². The Bertz CT molecular complexity index is 440. The maximum Gasteiger partial charge on any atom is 0.252 e. The summed E-state index contributed by atoms with van der Waals surface area (Å²) in [5.41, 5.74) is -0.00685. The monoisotopic (exact) mass is 224 g/mol. The number of hydrogen-bond donors (Lipinski definition) is 1. The number of rotatable bonds is 3. The Labute approximate surface area is 91.7 Å². The van der Waals surface area contributed by atoms with Gasteiger partial charge in [0.2, 0.25) is 0 Å². The SMILES string of the molecule is CCC(C#N)NC(=O)c1ccc(F)c(F)c1. The van der Waals surface area contributed by atoms with Crippen LogP contribution in [0.15, 0.2) is 18.2 Å². The van der Waals surface area contributed by atoms with Crippen LogP contribution in [0.3, 0.4) is 0 Å². The Hall–Kier alpha value is -1.96. The molecular formula is C11H10F2N2O.